The van der Waals surface area contributed by atoms with Gasteiger partial charge in [-0.25, -0.2) is 9.50 Å². The van der Waals surface area contributed by atoms with Crippen LogP contribution in [0.1, 0.15) is 16.1 Å². The van der Waals surface area contributed by atoms with Crippen LogP contribution in [-0.4, -0.2) is 43.9 Å². The van der Waals surface area contributed by atoms with Crippen LogP contribution in [-0.2, 0) is 12.7 Å². The van der Waals surface area contributed by atoms with Crippen molar-refractivity contribution in [3.8, 4) is 17.0 Å². The predicted molar refractivity (Wildman–Crippen MR) is 112 cm³/mol. The summed E-state index contributed by atoms with van der Waals surface area (Å²) in [6, 6.07) is 7.32. The number of benzene rings is 1. The number of rotatable bonds is 6. The smallest absolute Gasteiger partial charge is 0.433 e. The number of nitrogens with zero attached hydrogens (tertiary/aromatic N) is 5. The van der Waals surface area contributed by atoms with Gasteiger partial charge in [0.25, 0.3) is 5.91 Å². The summed E-state index contributed by atoms with van der Waals surface area (Å²) in [4.78, 5) is 17.0. The Balaban J connectivity index is 1.67. The van der Waals surface area contributed by atoms with Gasteiger partial charge in [0.2, 0.25) is 0 Å². The van der Waals surface area contributed by atoms with Gasteiger partial charge < -0.3 is 10.1 Å². The zero-order chi connectivity index (χ0) is 22.9. The Morgan fingerprint density at radius 2 is 1.94 bits per heavy atom. The number of nitrogens with one attached hydrogen (secondary N) is 1. The molecule has 8 nitrogen and oxygen atoms in total. The lowest BCUT2D eigenvalue weighted by molar-refractivity contribution is -0.142. The van der Waals surface area contributed by atoms with E-state index < -0.39 is 17.8 Å². The van der Waals surface area contributed by atoms with Crippen LogP contribution in [0.25, 0.3) is 16.9 Å². The van der Waals surface area contributed by atoms with Crippen molar-refractivity contribution < 1.29 is 22.7 Å². The number of hydrogen-bond acceptors (Lipinski definition) is 5. The molecule has 0 unspecified atom stereocenters. The Hall–Kier alpha value is -3.41. The lowest BCUT2D eigenvalue weighted by atomic mass is 10.1. The van der Waals surface area contributed by atoms with Crippen LogP contribution in [0.3, 0.4) is 0 Å². The first-order chi connectivity index (χ1) is 15.3. The van der Waals surface area contributed by atoms with Gasteiger partial charge in [0.1, 0.15) is 11.3 Å². The van der Waals surface area contributed by atoms with Crippen LogP contribution >= 0.6 is 15.9 Å². The van der Waals surface area contributed by atoms with E-state index in [4.69, 9.17) is 4.74 Å². The highest BCUT2D eigenvalue weighted by Crippen LogP contribution is 2.33. The molecular formula is C20H16BrF3N6O2. The zero-order valence-corrected chi connectivity index (χ0v) is 18.2. The van der Waals surface area contributed by atoms with Gasteiger partial charge in [0.15, 0.2) is 11.3 Å². The Labute approximate surface area is 188 Å². The average Bonchev–Trinajstić information content (AvgIpc) is 3.38. The minimum Gasteiger partial charge on any atom is -0.497 e. The molecule has 1 N–H and O–H groups in total. The Bertz CT molecular complexity index is 1270. The summed E-state index contributed by atoms with van der Waals surface area (Å²) >= 11 is 3.28. The maximum atomic E-state index is 13.7. The molecule has 12 heteroatoms. The van der Waals surface area contributed by atoms with E-state index in [-0.39, 0.29) is 23.4 Å². The molecular weight excluding hydrogens is 493 g/mol. The molecule has 0 radical (unpaired) electrons. The van der Waals surface area contributed by atoms with Crippen molar-refractivity contribution in [2.24, 2.45) is 0 Å². The van der Waals surface area contributed by atoms with Crippen LogP contribution in [0.4, 0.5) is 13.2 Å². The largest absolute Gasteiger partial charge is 0.497 e. The summed E-state index contributed by atoms with van der Waals surface area (Å²) < 4.78 is 49.3. The van der Waals surface area contributed by atoms with Crippen molar-refractivity contribution >= 4 is 27.5 Å². The molecule has 1 amide bonds. The van der Waals surface area contributed by atoms with E-state index >= 15 is 0 Å². The first kappa shape index (κ1) is 21.8. The fourth-order valence-corrected chi connectivity index (χ4v) is 3.40. The molecule has 0 atom stereocenters. The number of methoxy groups -OCH3 is 1. The molecule has 0 aliphatic heterocycles. The SMILES string of the molecule is COc1ccc(-c2cc(C(F)(F)F)n3ncc(C(=O)NCCn4cc(Br)cn4)c3n2)cc1. The molecule has 3 heterocycles. The summed E-state index contributed by atoms with van der Waals surface area (Å²) in [7, 11) is 1.49. The third-order valence-corrected chi connectivity index (χ3v) is 5.03. The van der Waals surface area contributed by atoms with Crippen molar-refractivity contribution in [2.45, 2.75) is 12.7 Å². The lowest BCUT2D eigenvalue weighted by Gasteiger charge is -2.12. The molecule has 0 bridgehead atoms. The fourth-order valence-electron chi connectivity index (χ4n) is 3.07. The predicted octanol–water partition coefficient (Wildman–Crippen LogP) is 3.81. The minimum absolute atomic E-state index is 0.0587. The van der Waals surface area contributed by atoms with Gasteiger partial charge in [-0.1, -0.05) is 0 Å². The summed E-state index contributed by atoms with van der Waals surface area (Å²) in [5.41, 5.74) is -0.787. The van der Waals surface area contributed by atoms with Crippen LogP contribution in [0.2, 0.25) is 0 Å². The maximum absolute atomic E-state index is 13.7. The van der Waals surface area contributed by atoms with E-state index in [1.165, 1.54) is 7.11 Å². The molecule has 0 spiro atoms. The molecule has 4 aromatic rings. The second-order valence-corrected chi connectivity index (χ2v) is 7.64. The number of aromatic nitrogens is 5. The Kier molecular flexibility index (Phi) is 5.87. The molecule has 0 fully saturated rings. The summed E-state index contributed by atoms with van der Waals surface area (Å²) in [5, 5.41) is 10.5. The molecule has 32 heavy (non-hydrogen) atoms. The summed E-state index contributed by atoms with van der Waals surface area (Å²) in [5.74, 6) is -0.0294. The molecule has 0 saturated heterocycles. The fraction of sp³-hybridized carbons (Fsp3) is 0.200. The molecule has 0 aliphatic rings. The third kappa shape index (κ3) is 4.44. The normalized spacial score (nSPS) is 11.7. The van der Waals surface area contributed by atoms with Crippen molar-refractivity contribution in [2.75, 3.05) is 13.7 Å². The lowest BCUT2D eigenvalue weighted by Crippen LogP contribution is -2.27. The van der Waals surface area contributed by atoms with E-state index in [0.717, 1.165) is 16.7 Å². The van der Waals surface area contributed by atoms with E-state index in [1.807, 2.05) is 0 Å². The van der Waals surface area contributed by atoms with Gasteiger partial charge in [-0.15, -0.1) is 0 Å². The molecule has 4 rings (SSSR count). The quantitative estimate of drug-likeness (QED) is 0.428. The van der Waals surface area contributed by atoms with Crippen molar-refractivity contribution in [1.82, 2.24) is 29.7 Å². The van der Waals surface area contributed by atoms with Gasteiger partial charge in [-0.2, -0.15) is 23.4 Å². The van der Waals surface area contributed by atoms with E-state index in [0.29, 0.717) is 22.4 Å². The van der Waals surface area contributed by atoms with Gasteiger partial charge in [-0.05, 0) is 46.3 Å². The highest BCUT2D eigenvalue weighted by atomic mass is 79.9. The van der Waals surface area contributed by atoms with Crippen LogP contribution in [0.15, 0.2) is 53.4 Å². The number of fused-ring (bicyclic) bond motifs is 1. The summed E-state index contributed by atoms with van der Waals surface area (Å²) in [6.45, 7) is 0.601. The van der Waals surface area contributed by atoms with E-state index in [1.54, 1.807) is 41.3 Å². The van der Waals surface area contributed by atoms with Crippen molar-refractivity contribution in [1.29, 1.82) is 0 Å². The Morgan fingerprint density at radius 3 is 2.56 bits per heavy atom. The van der Waals surface area contributed by atoms with Crippen molar-refractivity contribution in [3.63, 3.8) is 0 Å². The van der Waals surface area contributed by atoms with Gasteiger partial charge in [-0.3, -0.25) is 9.48 Å². The van der Waals surface area contributed by atoms with Crippen LogP contribution in [0.5, 0.6) is 5.75 Å². The molecule has 0 aliphatic carbocycles. The van der Waals surface area contributed by atoms with Crippen LogP contribution < -0.4 is 10.1 Å². The molecule has 166 valence electrons. The minimum atomic E-state index is -4.70. The zero-order valence-electron chi connectivity index (χ0n) is 16.6. The monoisotopic (exact) mass is 508 g/mol. The standard InChI is InChI=1S/C20H16BrF3N6O2/c1-32-14-4-2-12(3-5-14)16-8-17(20(22,23)24)30-18(28-16)15(10-27-30)19(31)25-6-7-29-11-13(21)9-26-29/h2-5,8-11H,6-7H2,1H3,(H,25,31). The second kappa shape index (κ2) is 8.61. The molecule has 0 saturated carbocycles. The van der Waals surface area contributed by atoms with Gasteiger partial charge in [0, 0.05) is 18.3 Å². The maximum Gasteiger partial charge on any atom is 0.433 e. The average molecular weight is 509 g/mol. The Morgan fingerprint density at radius 1 is 1.19 bits per heavy atom. The van der Waals surface area contributed by atoms with Crippen LogP contribution in [0, 0.1) is 0 Å². The number of hydrogen-bond donors (Lipinski definition) is 1. The van der Waals surface area contributed by atoms with Crippen molar-refractivity contribution in [3.05, 3.63) is 64.7 Å². The van der Waals surface area contributed by atoms with Gasteiger partial charge >= 0.3 is 6.18 Å². The van der Waals surface area contributed by atoms with Gasteiger partial charge in [0.05, 0.1) is 36.2 Å². The number of carbonyl (C=O) groups is 1. The highest BCUT2D eigenvalue weighted by Gasteiger charge is 2.36. The number of ether oxygens (including phenoxy) is 1. The third-order valence-electron chi connectivity index (χ3n) is 4.62. The summed E-state index contributed by atoms with van der Waals surface area (Å²) in [6.07, 6.45) is -0.277. The number of halogens is 4. The molecule has 3 aromatic heterocycles. The second-order valence-electron chi connectivity index (χ2n) is 6.72. The van der Waals surface area contributed by atoms with E-state index in [9.17, 15) is 18.0 Å². The topological polar surface area (TPSA) is 86.3 Å². The highest BCUT2D eigenvalue weighted by molar-refractivity contribution is 9.10. The number of amides is 1. The van der Waals surface area contributed by atoms with E-state index in [2.05, 4.69) is 36.4 Å². The first-order valence-corrected chi connectivity index (χ1v) is 10.1. The first-order valence-electron chi connectivity index (χ1n) is 9.33. The molecule has 1 aromatic carbocycles. The number of alkyl halides is 3. The number of carbonyl (C=O) groups excluding carboxylic acids is 1.